The maximum atomic E-state index is 11.3. The summed E-state index contributed by atoms with van der Waals surface area (Å²) in [6.45, 7) is 4.52. The van der Waals surface area contributed by atoms with Gasteiger partial charge >= 0.3 is 5.97 Å². The van der Waals surface area contributed by atoms with Gasteiger partial charge in [0.2, 0.25) is 0 Å². The summed E-state index contributed by atoms with van der Waals surface area (Å²) >= 11 is 5.92. The maximum Gasteiger partial charge on any atom is 0.338 e. The fourth-order valence-corrected chi connectivity index (χ4v) is 1.35. The molecule has 1 aromatic carbocycles. The molecule has 15 heavy (non-hydrogen) atoms. The zero-order valence-corrected chi connectivity index (χ0v) is 9.50. The molecule has 0 saturated carbocycles. The molecule has 1 aromatic rings. The Balaban J connectivity index is 2.86. The second-order valence-corrected chi connectivity index (χ2v) is 3.21. The first kappa shape index (κ1) is 11.9. The van der Waals surface area contributed by atoms with E-state index in [1.807, 2.05) is 6.92 Å². The molecule has 4 heteroatoms. The van der Waals surface area contributed by atoms with E-state index in [2.05, 4.69) is 0 Å². The van der Waals surface area contributed by atoms with Crippen molar-refractivity contribution in [3.63, 3.8) is 0 Å². The molecule has 1 rings (SSSR count). The number of rotatable bonds is 4. The average Bonchev–Trinajstić information content (AvgIpc) is 2.21. The molecule has 3 nitrogen and oxygen atoms in total. The fraction of sp³-hybridized carbons (Fsp3) is 0.364. The summed E-state index contributed by atoms with van der Waals surface area (Å²) in [7, 11) is 0. The van der Waals surface area contributed by atoms with Gasteiger partial charge in [-0.15, -0.1) is 0 Å². The minimum Gasteiger partial charge on any atom is -0.492 e. The molecule has 0 saturated heterocycles. The Morgan fingerprint density at radius 3 is 2.60 bits per heavy atom. The maximum absolute atomic E-state index is 11.3. The summed E-state index contributed by atoms with van der Waals surface area (Å²) in [5.41, 5.74) is 0.435. The number of carbonyl (C=O) groups excluding carboxylic acids is 1. The van der Waals surface area contributed by atoms with Crippen LogP contribution in [0.3, 0.4) is 0 Å². The van der Waals surface area contributed by atoms with Crippen LogP contribution in [-0.4, -0.2) is 19.2 Å². The molecule has 82 valence electrons. The molecule has 0 fully saturated rings. The molecule has 0 spiro atoms. The standard InChI is InChI=1S/C11H13ClO3/c1-3-14-10-6-5-8(7-9(10)12)11(13)15-4-2/h5-7H,3-4H2,1-2H3. The number of benzene rings is 1. The molecule has 0 aliphatic carbocycles. The van der Waals surface area contributed by atoms with Crippen LogP contribution in [0.2, 0.25) is 5.02 Å². The Bertz CT molecular complexity index is 350. The SMILES string of the molecule is CCOC(=O)c1ccc(OCC)c(Cl)c1. The van der Waals surface area contributed by atoms with E-state index >= 15 is 0 Å². The van der Waals surface area contributed by atoms with Crippen molar-refractivity contribution in [3.8, 4) is 5.75 Å². The van der Waals surface area contributed by atoms with Crippen molar-refractivity contribution in [2.24, 2.45) is 0 Å². The van der Waals surface area contributed by atoms with Gasteiger partial charge in [-0.3, -0.25) is 0 Å². The predicted molar refractivity (Wildman–Crippen MR) is 58.6 cm³/mol. The Morgan fingerprint density at radius 1 is 1.33 bits per heavy atom. The number of esters is 1. The number of ether oxygens (including phenoxy) is 2. The van der Waals surface area contributed by atoms with Crippen molar-refractivity contribution in [1.29, 1.82) is 0 Å². The molecule has 0 amide bonds. The zero-order chi connectivity index (χ0) is 11.3. The van der Waals surface area contributed by atoms with Gasteiger partial charge in [-0.05, 0) is 32.0 Å². The highest BCUT2D eigenvalue weighted by Gasteiger charge is 2.09. The lowest BCUT2D eigenvalue weighted by molar-refractivity contribution is 0.0526. The minimum atomic E-state index is -0.373. The highest BCUT2D eigenvalue weighted by molar-refractivity contribution is 6.32. The summed E-state index contributed by atoms with van der Waals surface area (Å²) in [6.07, 6.45) is 0. The smallest absolute Gasteiger partial charge is 0.338 e. The quantitative estimate of drug-likeness (QED) is 0.744. The van der Waals surface area contributed by atoms with E-state index in [0.717, 1.165) is 0 Å². The number of halogens is 1. The number of carbonyl (C=O) groups is 1. The highest BCUT2D eigenvalue weighted by Crippen LogP contribution is 2.25. The monoisotopic (exact) mass is 228 g/mol. The molecule has 0 N–H and O–H groups in total. The Labute approximate surface area is 93.9 Å². The minimum absolute atomic E-state index is 0.351. The van der Waals surface area contributed by atoms with Gasteiger partial charge in [0, 0.05) is 0 Å². The van der Waals surface area contributed by atoms with E-state index < -0.39 is 0 Å². The molecule has 0 radical (unpaired) electrons. The number of hydrogen-bond acceptors (Lipinski definition) is 3. The lowest BCUT2D eigenvalue weighted by atomic mass is 10.2. The zero-order valence-electron chi connectivity index (χ0n) is 8.75. The van der Waals surface area contributed by atoms with E-state index in [1.54, 1.807) is 25.1 Å². The molecular weight excluding hydrogens is 216 g/mol. The molecule has 0 bridgehead atoms. The van der Waals surface area contributed by atoms with Crippen molar-refractivity contribution < 1.29 is 14.3 Å². The summed E-state index contributed by atoms with van der Waals surface area (Å²) < 4.78 is 10.1. The van der Waals surface area contributed by atoms with Gasteiger partial charge in [0.15, 0.2) is 0 Å². The Kier molecular flexibility index (Phi) is 4.43. The van der Waals surface area contributed by atoms with Gasteiger partial charge in [0.05, 0.1) is 23.8 Å². The van der Waals surface area contributed by atoms with Crippen molar-refractivity contribution >= 4 is 17.6 Å². The van der Waals surface area contributed by atoms with Crippen molar-refractivity contribution in [1.82, 2.24) is 0 Å². The molecular formula is C11H13ClO3. The van der Waals surface area contributed by atoms with E-state index in [9.17, 15) is 4.79 Å². The Morgan fingerprint density at radius 2 is 2.07 bits per heavy atom. The van der Waals surface area contributed by atoms with Gasteiger partial charge in [0.25, 0.3) is 0 Å². The molecule has 0 aliphatic rings. The third-order valence-corrected chi connectivity index (χ3v) is 2.04. The molecule has 0 aromatic heterocycles. The molecule has 0 unspecified atom stereocenters. The summed E-state index contributed by atoms with van der Waals surface area (Å²) in [5.74, 6) is 0.203. The van der Waals surface area contributed by atoms with Crippen molar-refractivity contribution in [3.05, 3.63) is 28.8 Å². The molecule has 0 heterocycles. The third-order valence-electron chi connectivity index (χ3n) is 1.74. The lowest BCUT2D eigenvalue weighted by Crippen LogP contribution is -2.04. The summed E-state index contributed by atoms with van der Waals surface area (Å²) in [5, 5.41) is 0.419. The van der Waals surface area contributed by atoms with Crippen molar-refractivity contribution in [2.75, 3.05) is 13.2 Å². The van der Waals surface area contributed by atoms with E-state index in [0.29, 0.717) is 29.5 Å². The van der Waals surface area contributed by atoms with E-state index in [4.69, 9.17) is 21.1 Å². The van der Waals surface area contributed by atoms with Gasteiger partial charge in [-0.25, -0.2) is 4.79 Å². The van der Waals surface area contributed by atoms with Crippen LogP contribution in [0.4, 0.5) is 0 Å². The second-order valence-electron chi connectivity index (χ2n) is 2.80. The van der Waals surface area contributed by atoms with Gasteiger partial charge in [-0.2, -0.15) is 0 Å². The van der Waals surface area contributed by atoms with Gasteiger partial charge in [0.1, 0.15) is 5.75 Å². The third kappa shape index (κ3) is 3.13. The van der Waals surface area contributed by atoms with Crippen LogP contribution in [0, 0.1) is 0 Å². The highest BCUT2D eigenvalue weighted by atomic mass is 35.5. The summed E-state index contributed by atoms with van der Waals surface area (Å²) in [6, 6.07) is 4.84. The first-order valence-electron chi connectivity index (χ1n) is 4.78. The topological polar surface area (TPSA) is 35.5 Å². The van der Waals surface area contributed by atoms with Gasteiger partial charge < -0.3 is 9.47 Å². The van der Waals surface area contributed by atoms with Crippen LogP contribution in [0.5, 0.6) is 5.75 Å². The number of hydrogen-bond donors (Lipinski definition) is 0. The van der Waals surface area contributed by atoms with E-state index in [-0.39, 0.29) is 5.97 Å². The first-order chi connectivity index (χ1) is 7.19. The summed E-state index contributed by atoms with van der Waals surface area (Å²) in [4.78, 5) is 11.3. The lowest BCUT2D eigenvalue weighted by Gasteiger charge is -2.07. The van der Waals surface area contributed by atoms with Crippen LogP contribution in [0.1, 0.15) is 24.2 Å². The van der Waals surface area contributed by atoms with Crippen LogP contribution < -0.4 is 4.74 Å². The molecule has 0 aliphatic heterocycles. The fourth-order valence-electron chi connectivity index (χ4n) is 1.11. The van der Waals surface area contributed by atoms with Crippen LogP contribution >= 0.6 is 11.6 Å². The van der Waals surface area contributed by atoms with E-state index in [1.165, 1.54) is 0 Å². The second kappa shape index (κ2) is 5.61. The van der Waals surface area contributed by atoms with Gasteiger partial charge in [-0.1, -0.05) is 11.6 Å². The van der Waals surface area contributed by atoms with Crippen LogP contribution in [0.25, 0.3) is 0 Å². The van der Waals surface area contributed by atoms with Crippen LogP contribution in [-0.2, 0) is 4.74 Å². The Hall–Kier alpha value is -1.22. The predicted octanol–water partition coefficient (Wildman–Crippen LogP) is 2.92. The molecule has 0 atom stereocenters. The van der Waals surface area contributed by atoms with Crippen molar-refractivity contribution in [2.45, 2.75) is 13.8 Å². The first-order valence-corrected chi connectivity index (χ1v) is 5.16. The van der Waals surface area contributed by atoms with Crippen LogP contribution in [0.15, 0.2) is 18.2 Å². The average molecular weight is 229 g/mol. The largest absolute Gasteiger partial charge is 0.492 e. The normalized spacial score (nSPS) is 9.80.